The van der Waals surface area contributed by atoms with Crippen molar-refractivity contribution >= 4 is 75.4 Å². The molecule has 0 N–H and O–H groups in total. The molecular formula is C34H20N4S. The zero-order chi connectivity index (χ0) is 25.5. The van der Waals surface area contributed by atoms with Gasteiger partial charge < -0.3 is 0 Å². The Labute approximate surface area is 227 Å². The van der Waals surface area contributed by atoms with Gasteiger partial charge in [0.1, 0.15) is 11.3 Å². The van der Waals surface area contributed by atoms with Gasteiger partial charge in [-0.3, -0.25) is 9.13 Å². The fourth-order valence-electron chi connectivity index (χ4n) is 6.13. The molecule has 0 amide bonds. The van der Waals surface area contributed by atoms with Crippen LogP contribution in [0.3, 0.4) is 0 Å². The minimum Gasteiger partial charge on any atom is -0.294 e. The summed E-state index contributed by atoms with van der Waals surface area (Å²) >= 11 is 1.84. The number of fused-ring (bicyclic) bond motifs is 9. The fourth-order valence-corrected chi connectivity index (χ4v) is 7.21. The van der Waals surface area contributed by atoms with E-state index in [4.69, 9.17) is 9.97 Å². The number of pyridine rings is 2. The minimum atomic E-state index is 0.943. The van der Waals surface area contributed by atoms with Crippen LogP contribution < -0.4 is 0 Å². The molecule has 9 aromatic rings. The number of para-hydroxylation sites is 2. The van der Waals surface area contributed by atoms with E-state index in [9.17, 15) is 0 Å². The Hall–Kier alpha value is -5.00. The van der Waals surface area contributed by atoms with E-state index in [-0.39, 0.29) is 0 Å². The van der Waals surface area contributed by atoms with Gasteiger partial charge in [0.25, 0.3) is 0 Å². The highest BCUT2D eigenvalue weighted by atomic mass is 32.1. The molecule has 0 spiro atoms. The van der Waals surface area contributed by atoms with Gasteiger partial charge in [-0.05, 0) is 54.6 Å². The van der Waals surface area contributed by atoms with Gasteiger partial charge in [0, 0.05) is 53.6 Å². The SMILES string of the molecule is c1ccc2c(c1)sc1ccc(-n3c4ccccc4c4cc(-n5c6ccccc6c6cccnc65)cnc43)cc12. The van der Waals surface area contributed by atoms with Crippen molar-refractivity contribution < 1.29 is 0 Å². The minimum absolute atomic E-state index is 0.943. The quantitative estimate of drug-likeness (QED) is 0.230. The Morgan fingerprint density at radius 3 is 1.92 bits per heavy atom. The maximum Gasteiger partial charge on any atom is 0.145 e. The van der Waals surface area contributed by atoms with Crippen LogP contribution in [0.5, 0.6) is 0 Å². The van der Waals surface area contributed by atoms with Crippen LogP contribution in [0, 0.1) is 0 Å². The van der Waals surface area contributed by atoms with E-state index in [0.29, 0.717) is 0 Å². The van der Waals surface area contributed by atoms with Crippen LogP contribution >= 0.6 is 11.3 Å². The maximum atomic E-state index is 5.11. The Morgan fingerprint density at radius 1 is 0.462 bits per heavy atom. The zero-order valence-electron chi connectivity index (χ0n) is 20.7. The number of hydrogen-bond acceptors (Lipinski definition) is 3. The molecule has 39 heavy (non-hydrogen) atoms. The van der Waals surface area contributed by atoms with Gasteiger partial charge in [-0.1, -0.05) is 54.6 Å². The summed E-state index contributed by atoms with van der Waals surface area (Å²) in [5.41, 5.74) is 6.30. The molecule has 9 rings (SSSR count). The second-order valence-corrected chi connectivity index (χ2v) is 11.0. The van der Waals surface area contributed by atoms with E-state index in [2.05, 4.69) is 112 Å². The molecular weight excluding hydrogens is 496 g/mol. The molecule has 0 bridgehead atoms. The lowest BCUT2D eigenvalue weighted by Crippen LogP contribution is -1.98. The predicted octanol–water partition coefficient (Wildman–Crippen LogP) is 9.04. The molecule has 5 heteroatoms. The molecule has 4 aromatic carbocycles. The molecule has 0 atom stereocenters. The molecule has 5 aromatic heterocycles. The van der Waals surface area contributed by atoms with Gasteiger partial charge in [-0.25, -0.2) is 9.97 Å². The van der Waals surface area contributed by atoms with Crippen molar-refractivity contribution in [1.82, 2.24) is 19.1 Å². The topological polar surface area (TPSA) is 35.6 Å². The molecule has 182 valence electrons. The number of hydrogen-bond donors (Lipinski definition) is 0. The molecule has 0 unspecified atom stereocenters. The third-order valence-corrected chi connectivity index (χ3v) is 8.96. The molecule has 4 nitrogen and oxygen atoms in total. The lowest BCUT2D eigenvalue weighted by atomic mass is 10.1. The third kappa shape index (κ3) is 2.88. The summed E-state index contributed by atoms with van der Waals surface area (Å²) < 4.78 is 7.14. The van der Waals surface area contributed by atoms with Crippen LogP contribution in [0.15, 0.2) is 122 Å². The summed E-state index contributed by atoms with van der Waals surface area (Å²) in [6.07, 6.45) is 3.84. The van der Waals surface area contributed by atoms with Crippen molar-refractivity contribution in [2.24, 2.45) is 0 Å². The molecule has 0 radical (unpaired) electrons. The molecule has 0 fully saturated rings. The Morgan fingerprint density at radius 2 is 1.08 bits per heavy atom. The molecule has 5 heterocycles. The Kier molecular flexibility index (Phi) is 4.18. The average molecular weight is 517 g/mol. The summed E-state index contributed by atoms with van der Waals surface area (Å²) in [7, 11) is 0. The molecule has 0 aliphatic carbocycles. The van der Waals surface area contributed by atoms with Crippen LogP contribution in [0.1, 0.15) is 0 Å². The smallest absolute Gasteiger partial charge is 0.145 e. The summed E-state index contributed by atoms with van der Waals surface area (Å²) in [5.74, 6) is 0. The second-order valence-electron chi connectivity index (χ2n) is 9.92. The lowest BCUT2D eigenvalue weighted by molar-refractivity contribution is 1.10. The van der Waals surface area contributed by atoms with Crippen molar-refractivity contribution in [2.45, 2.75) is 0 Å². The number of rotatable bonds is 2. The fraction of sp³-hybridized carbons (Fsp3) is 0. The molecule has 0 saturated heterocycles. The second kappa shape index (κ2) is 7.76. The highest BCUT2D eigenvalue weighted by molar-refractivity contribution is 7.25. The van der Waals surface area contributed by atoms with Gasteiger partial charge >= 0.3 is 0 Å². The Bertz CT molecular complexity index is 2350. The van der Waals surface area contributed by atoms with Gasteiger partial charge in [0.2, 0.25) is 0 Å². The van der Waals surface area contributed by atoms with Crippen molar-refractivity contribution in [3.05, 3.63) is 122 Å². The number of aromatic nitrogens is 4. The van der Waals surface area contributed by atoms with Crippen LogP contribution in [0.2, 0.25) is 0 Å². The third-order valence-electron chi connectivity index (χ3n) is 7.81. The number of nitrogens with zero attached hydrogens (tertiary/aromatic N) is 4. The van der Waals surface area contributed by atoms with E-state index in [1.807, 2.05) is 29.8 Å². The van der Waals surface area contributed by atoms with Crippen LogP contribution in [0.4, 0.5) is 0 Å². The lowest BCUT2D eigenvalue weighted by Gasteiger charge is -2.09. The van der Waals surface area contributed by atoms with E-state index < -0.39 is 0 Å². The van der Waals surface area contributed by atoms with Crippen LogP contribution in [-0.4, -0.2) is 19.1 Å². The van der Waals surface area contributed by atoms with E-state index in [1.54, 1.807) is 0 Å². The van der Waals surface area contributed by atoms with E-state index in [0.717, 1.165) is 44.5 Å². The van der Waals surface area contributed by atoms with E-state index in [1.165, 1.54) is 30.9 Å². The highest BCUT2D eigenvalue weighted by Gasteiger charge is 2.18. The molecule has 0 saturated carbocycles. The molecule has 0 aliphatic rings. The number of benzene rings is 4. The average Bonchev–Trinajstić information content (AvgIpc) is 3.64. The zero-order valence-corrected chi connectivity index (χ0v) is 21.6. The summed E-state index contributed by atoms with van der Waals surface area (Å²) in [6.45, 7) is 0. The van der Waals surface area contributed by atoms with Crippen molar-refractivity contribution in [1.29, 1.82) is 0 Å². The highest BCUT2D eigenvalue weighted by Crippen LogP contribution is 2.38. The maximum absolute atomic E-state index is 5.11. The monoisotopic (exact) mass is 516 g/mol. The number of thiophene rings is 1. The first-order valence-corrected chi connectivity index (χ1v) is 13.8. The van der Waals surface area contributed by atoms with Crippen molar-refractivity contribution in [3.8, 4) is 11.4 Å². The summed E-state index contributed by atoms with van der Waals surface area (Å²) in [5, 5.41) is 7.23. The standard InChI is InChI=1S/C34H20N4S/c1-4-12-29-23(8-1)26-11-7-17-35-33(26)38(29)22-19-28-24-9-2-5-13-30(24)37(34(28)36-20-22)21-15-16-32-27(18-21)25-10-3-6-14-31(25)39-32/h1-20H. The largest absolute Gasteiger partial charge is 0.294 e. The van der Waals surface area contributed by atoms with Crippen LogP contribution in [0.25, 0.3) is 75.4 Å². The van der Waals surface area contributed by atoms with Crippen molar-refractivity contribution in [2.75, 3.05) is 0 Å². The first-order valence-electron chi connectivity index (χ1n) is 13.0. The van der Waals surface area contributed by atoms with Gasteiger partial charge in [0.05, 0.1) is 22.9 Å². The first kappa shape index (κ1) is 21.0. The van der Waals surface area contributed by atoms with Crippen molar-refractivity contribution in [3.63, 3.8) is 0 Å². The first-order chi connectivity index (χ1) is 19.3. The van der Waals surface area contributed by atoms with Gasteiger partial charge in [0.15, 0.2) is 0 Å². The summed E-state index contributed by atoms with van der Waals surface area (Å²) in [4.78, 5) is 9.88. The van der Waals surface area contributed by atoms with Gasteiger partial charge in [-0.15, -0.1) is 11.3 Å². The van der Waals surface area contributed by atoms with Crippen LogP contribution in [-0.2, 0) is 0 Å². The van der Waals surface area contributed by atoms with Gasteiger partial charge in [-0.2, -0.15) is 0 Å². The normalized spacial score (nSPS) is 12.1. The predicted molar refractivity (Wildman–Crippen MR) is 164 cm³/mol. The van der Waals surface area contributed by atoms with E-state index >= 15 is 0 Å². The summed E-state index contributed by atoms with van der Waals surface area (Å²) in [6, 6.07) is 38.9. The Balaban J connectivity index is 1.34. The molecule has 0 aliphatic heterocycles.